The fraction of sp³-hybridized carbons (Fsp3) is 0.617. The van der Waals surface area contributed by atoms with Crippen LogP contribution in [0, 0.1) is 5.41 Å². The maximum absolute atomic E-state index is 11.5. The second-order valence-electron chi connectivity index (χ2n) is 20.6. The number of hydrogen-bond donors (Lipinski definition) is 1. The minimum absolute atomic E-state index is 0.0771. The molecule has 1 heterocycles. The molecule has 0 spiro atoms. The van der Waals surface area contributed by atoms with Crippen LogP contribution in [0.4, 0.5) is 0 Å². The third kappa shape index (κ3) is 9.64. The van der Waals surface area contributed by atoms with Crippen molar-refractivity contribution in [2.24, 2.45) is 5.41 Å². The van der Waals surface area contributed by atoms with Gasteiger partial charge in [-0.2, -0.15) is 0 Å². The van der Waals surface area contributed by atoms with Crippen LogP contribution in [-0.2, 0) is 28.2 Å². The van der Waals surface area contributed by atoms with Crippen LogP contribution in [-0.4, -0.2) is 42.9 Å². The lowest BCUT2D eigenvalue weighted by molar-refractivity contribution is 0.0392. The molecule has 0 bridgehead atoms. The molecule has 0 aliphatic carbocycles. The van der Waals surface area contributed by atoms with Gasteiger partial charge in [-0.1, -0.05) is 128 Å². The summed E-state index contributed by atoms with van der Waals surface area (Å²) in [5.41, 5.74) is 5.90. The van der Waals surface area contributed by atoms with Crippen LogP contribution in [0.5, 0.6) is 11.5 Å². The van der Waals surface area contributed by atoms with E-state index in [2.05, 4.69) is 157 Å². The van der Waals surface area contributed by atoms with Gasteiger partial charge in [-0.15, -0.1) is 0 Å². The smallest absolute Gasteiger partial charge is 0.126 e. The second kappa shape index (κ2) is 15.4. The largest absolute Gasteiger partial charge is 0.496 e. The lowest BCUT2D eigenvalue weighted by atomic mass is 9.79. The molecular formula is C47H72NO3P. The van der Waals surface area contributed by atoms with Crippen molar-refractivity contribution in [3.8, 4) is 11.5 Å². The molecule has 3 aromatic carbocycles. The Balaban J connectivity index is 2.10. The Hall–Kier alpha value is -2.39. The summed E-state index contributed by atoms with van der Waals surface area (Å²) in [6.07, 6.45) is 2.62. The molecule has 0 aromatic heterocycles. The third-order valence-corrected chi connectivity index (χ3v) is 13.1. The van der Waals surface area contributed by atoms with Crippen LogP contribution in [0.1, 0.15) is 151 Å². The zero-order valence-electron chi connectivity index (χ0n) is 36.0. The average Bonchev–Trinajstić information content (AvgIpc) is 3.47. The molecule has 1 saturated heterocycles. The lowest BCUT2D eigenvalue weighted by Crippen LogP contribution is -2.41. The van der Waals surface area contributed by atoms with Gasteiger partial charge in [0.05, 0.1) is 20.3 Å². The maximum Gasteiger partial charge on any atom is 0.126 e. The van der Waals surface area contributed by atoms with Crippen molar-refractivity contribution in [1.29, 1.82) is 0 Å². The Labute approximate surface area is 319 Å². The molecule has 4 rings (SSSR count). The van der Waals surface area contributed by atoms with Crippen molar-refractivity contribution in [3.05, 3.63) is 76.3 Å². The zero-order valence-corrected chi connectivity index (χ0v) is 36.9. The van der Waals surface area contributed by atoms with Crippen LogP contribution in [0.2, 0.25) is 0 Å². The van der Waals surface area contributed by atoms with E-state index in [4.69, 9.17) is 9.47 Å². The number of methoxy groups -OCH3 is 2. The Bertz CT molecular complexity index is 1540. The van der Waals surface area contributed by atoms with Gasteiger partial charge in [0.25, 0.3) is 0 Å². The van der Waals surface area contributed by atoms with Crippen LogP contribution in [0.3, 0.4) is 0 Å². The van der Waals surface area contributed by atoms with Gasteiger partial charge in [-0.25, -0.2) is 0 Å². The molecule has 288 valence electrons. The van der Waals surface area contributed by atoms with E-state index in [9.17, 15) is 5.11 Å². The monoisotopic (exact) mass is 730 g/mol. The topological polar surface area (TPSA) is 41.9 Å². The molecule has 1 fully saturated rings. The standard InChI is InChI=1S/C47H72NO3P/c1-43(2,3)29-39(49)38-22-20-24-48(38)30-31-21-18-19-23-40(31)52(32-25-34(44(4,5)6)41(50-16)35(26-32)45(7,8)9)33-27-36(46(10,11)12)42(51-17)37(28-33)47(13,14)15/h18-19,21,23,25-28,38-39,49H,20,22,24,29-30H2,1-17H3/t38-,39+/m0/s1. The van der Waals surface area contributed by atoms with Gasteiger partial charge in [-0.05, 0) is 107 Å². The summed E-state index contributed by atoms with van der Waals surface area (Å²) in [6.45, 7) is 36.2. The van der Waals surface area contributed by atoms with Gasteiger partial charge in [0.2, 0.25) is 0 Å². The van der Waals surface area contributed by atoms with E-state index >= 15 is 0 Å². The maximum atomic E-state index is 11.5. The molecule has 0 radical (unpaired) electrons. The van der Waals surface area contributed by atoms with Crippen molar-refractivity contribution >= 4 is 23.8 Å². The molecule has 1 aliphatic rings. The normalized spacial score (nSPS) is 17.2. The van der Waals surface area contributed by atoms with E-state index in [1.54, 1.807) is 0 Å². The molecule has 0 unspecified atom stereocenters. The first-order valence-electron chi connectivity index (χ1n) is 19.5. The Morgan fingerprint density at radius 2 is 1.08 bits per heavy atom. The summed E-state index contributed by atoms with van der Waals surface area (Å²) >= 11 is 0. The number of nitrogens with zero attached hydrogens (tertiary/aromatic N) is 1. The van der Waals surface area contributed by atoms with Gasteiger partial charge in [-0.3, -0.25) is 4.90 Å². The van der Waals surface area contributed by atoms with E-state index in [-0.39, 0.29) is 39.2 Å². The SMILES string of the molecule is COc1c(C(C)(C)C)cc(P(c2cc(C(C)(C)C)c(OC)c(C(C)(C)C)c2)c2ccccc2CN2CCC[C@H]2[C@H](O)CC(C)(C)C)cc1C(C)(C)C. The van der Waals surface area contributed by atoms with Gasteiger partial charge in [0.15, 0.2) is 0 Å². The molecule has 3 aromatic rings. The number of aliphatic hydroxyl groups is 1. The fourth-order valence-corrected chi connectivity index (χ4v) is 10.5. The van der Waals surface area contributed by atoms with Crippen molar-refractivity contribution in [2.75, 3.05) is 20.8 Å². The van der Waals surface area contributed by atoms with Gasteiger partial charge < -0.3 is 14.6 Å². The Kier molecular flexibility index (Phi) is 12.5. The summed E-state index contributed by atoms with van der Waals surface area (Å²) in [4.78, 5) is 2.56. The average molecular weight is 730 g/mol. The van der Waals surface area contributed by atoms with Crippen molar-refractivity contribution in [1.82, 2.24) is 4.90 Å². The second-order valence-corrected chi connectivity index (χ2v) is 22.8. The molecule has 0 amide bonds. The molecule has 0 saturated carbocycles. The molecule has 1 N–H and O–H groups in total. The highest BCUT2D eigenvalue weighted by molar-refractivity contribution is 7.80. The Morgan fingerprint density at radius 3 is 1.44 bits per heavy atom. The molecule has 52 heavy (non-hydrogen) atoms. The highest BCUT2D eigenvalue weighted by atomic mass is 31.1. The number of aliphatic hydroxyl groups excluding tert-OH is 1. The summed E-state index contributed by atoms with van der Waals surface area (Å²) in [5.74, 6) is 2.00. The minimum Gasteiger partial charge on any atom is -0.496 e. The summed E-state index contributed by atoms with van der Waals surface area (Å²) in [7, 11) is 2.63. The van der Waals surface area contributed by atoms with E-state index < -0.39 is 7.92 Å². The first-order valence-corrected chi connectivity index (χ1v) is 20.9. The fourth-order valence-electron chi connectivity index (χ4n) is 7.91. The van der Waals surface area contributed by atoms with Crippen LogP contribution in [0.25, 0.3) is 0 Å². The van der Waals surface area contributed by atoms with Gasteiger partial charge >= 0.3 is 0 Å². The zero-order chi connectivity index (χ0) is 39.2. The van der Waals surface area contributed by atoms with Crippen LogP contribution in [0.15, 0.2) is 48.5 Å². The molecule has 1 aliphatic heterocycles. The van der Waals surface area contributed by atoms with E-state index in [1.807, 2.05) is 14.2 Å². The first-order chi connectivity index (χ1) is 23.8. The summed E-state index contributed by atoms with van der Waals surface area (Å²) in [6, 6.07) is 19.1. The number of ether oxygens (including phenoxy) is 2. The van der Waals surface area contributed by atoms with Crippen LogP contribution < -0.4 is 25.4 Å². The molecule has 5 heteroatoms. The van der Waals surface area contributed by atoms with Crippen molar-refractivity contribution in [3.63, 3.8) is 0 Å². The third-order valence-electron chi connectivity index (χ3n) is 10.6. The first kappa shape index (κ1) is 42.4. The highest BCUT2D eigenvalue weighted by Crippen LogP contribution is 2.47. The molecular weight excluding hydrogens is 657 g/mol. The Morgan fingerprint density at radius 1 is 0.673 bits per heavy atom. The summed E-state index contributed by atoms with van der Waals surface area (Å²) in [5, 5.41) is 15.6. The number of hydrogen-bond acceptors (Lipinski definition) is 4. The number of rotatable bonds is 9. The van der Waals surface area contributed by atoms with Crippen LogP contribution >= 0.6 is 7.92 Å². The van der Waals surface area contributed by atoms with Crippen molar-refractivity contribution in [2.45, 2.75) is 163 Å². The van der Waals surface area contributed by atoms with E-state index in [0.29, 0.717) is 0 Å². The van der Waals surface area contributed by atoms with E-state index in [0.717, 1.165) is 43.9 Å². The number of likely N-dealkylation sites (tertiary alicyclic amines) is 1. The predicted molar refractivity (Wildman–Crippen MR) is 227 cm³/mol. The molecule has 4 nitrogen and oxygen atoms in total. The lowest BCUT2D eigenvalue weighted by Gasteiger charge is -2.35. The quantitative estimate of drug-likeness (QED) is 0.223. The highest BCUT2D eigenvalue weighted by Gasteiger charge is 2.36. The van der Waals surface area contributed by atoms with E-state index in [1.165, 1.54) is 43.7 Å². The number of benzene rings is 3. The van der Waals surface area contributed by atoms with Gasteiger partial charge in [0, 0.05) is 34.8 Å². The molecule has 2 atom stereocenters. The predicted octanol–water partition coefficient (Wildman–Crippen LogP) is 10.4. The van der Waals surface area contributed by atoms with Crippen molar-refractivity contribution < 1.29 is 14.6 Å². The minimum atomic E-state index is -1.03. The van der Waals surface area contributed by atoms with Gasteiger partial charge in [0.1, 0.15) is 11.5 Å². The summed E-state index contributed by atoms with van der Waals surface area (Å²) < 4.78 is 12.5.